The Kier molecular flexibility index (Phi) is 2.65. The molecule has 0 aliphatic carbocycles. The molecule has 0 saturated carbocycles. The first-order valence-corrected chi connectivity index (χ1v) is 7.16. The first-order chi connectivity index (χ1) is 10.1. The van der Waals surface area contributed by atoms with Crippen LogP contribution in [-0.4, -0.2) is 23.8 Å². The van der Waals surface area contributed by atoms with Crippen molar-refractivity contribution in [2.45, 2.75) is 32.5 Å². The van der Waals surface area contributed by atoms with E-state index in [1.807, 2.05) is 51.1 Å². The summed E-state index contributed by atoms with van der Waals surface area (Å²) in [5.74, 6) is 0. The molecular formula is C16H16BNO3. The number of pyridine rings is 1. The molecule has 0 bridgehead atoms. The molecule has 1 aliphatic rings. The van der Waals surface area contributed by atoms with Gasteiger partial charge in [-0.2, -0.15) is 0 Å². The zero-order valence-corrected chi connectivity index (χ0v) is 12.3. The minimum Gasteiger partial charge on any atom is -0.455 e. The van der Waals surface area contributed by atoms with E-state index < -0.39 is 7.12 Å². The second-order valence-electron chi connectivity index (χ2n) is 6.01. The van der Waals surface area contributed by atoms with E-state index in [-0.39, 0.29) is 11.7 Å². The fourth-order valence-electron chi connectivity index (χ4n) is 2.71. The van der Waals surface area contributed by atoms with Crippen molar-refractivity contribution < 1.29 is 13.7 Å². The Labute approximate surface area is 123 Å². The van der Waals surface area contributed by atoms with Gasteiger partial charge in [0.1, 0.15) is 11.1 Å². The van der Waals surface area contributed by atoms with Crippen LogP contribution in [0.3, 0.4) is 0 Å². The van der Waals surface area contributed by atoms with E-state index in [0.29, 0.717) is 0 Å². The fraction of sp³-hybridized carbons (Fsp3) is 0.312. The van der Waals surface area contributed by atoms with Crippen LogP contribution < -0.4 is 5.46 Å². The summed E-state index contributed by atoms with van der Waals surface area (Å²) in [6.07, 6.45) is 1.80. The number of rotatable bonds is 1. The van der Waals surface area contributed by atoms with Crippen LogP contribution in [0.5, 0.6) is 0 Å². The molecule has 0 N–H and O–H groups in total. The standard InChI is InChI=1S/C16H16BNO3/c1-10-16(2,3)21-17(20-10)12-7-4-6-11-14-13(19-15(11)12)8-5-9-18-14/h4-10H,1-3H3. The molecule has 3 aromatic rings. The highest BCUT2D eigenvalue weighted by molar-refractivity contribution is 6.64. The average molecular weight is 281 g/mol. The molecule has 106 valence electrons. The molecule has 1 unspecified atom stereocenters. The summed E-state index contributed by atoms with van der Waals surface area (Å²) in [6.45, 7) is 6.11. The van der Waals surface area contributed by atoms with Crippen molar-refractivity contribution in [3.63, 3.8) is 0 Å². The van der Waals surface area contributed by atoms with Crippen LogP contribution in [0.15, 0.2) is 40.9 Å². The summed E-state index contributed by atoms with van der Waals surface area (Å²) in [5, 5.41) is 0.993. The highest BCUT2D eigenvalue weighted by Gasteiger charge is 2.45. The number of hydrogen-bond donors (Lipinski definition) is 0. The van der Waals surface area contributed by atoms with Gasteiger partial charge in [0.15, 0.2) is 5.58 Å². The Hall–Kier alpha value is -1.85. The van der Waals surface area contributed by atoms with E-state index in [9.17, 15) is 0 Å². The Morgan fingerprint density at radius 1 is 1.19 bits per heavy atom. The highest BCUT2D eigenvalue weighted by atomic mass is 16.7. The number of nitrogens with zero attached hydrogens (tertiary/aromatic N) is 1. The molecule has 3 heterocycles. The number of fused-ring (bicyclic) bond motifs is 3. The van der Waals surface area contributed by atoms with Gasteiger partial charge in [-0.1, -0.05) is 12.1 Å². The lowest BCUT2D eigenvalue weighted by atomic mass is 9.78. The van der Waals surface area contributed by atoms with Gasteiger partial charge in [-0.15, -0.1) is 0 Å². The normalized spacial score (nSPS) is 21.5. The van der Waals surface area contributed by atoms with E-state index in [2.05, 4.69) is 4.98 Å². The first kappa shape index (κ1) is 12.9. The topological polar surface area (TPSA) is 44.5 Å². The van der Waals surface area contributed by atoms with Crippen LogP contribution in [0.1, 0.15) is 20.8 Å². The number of aromatic nitrogens is 1. The third kappa shape index (κ3) is 1.88. The predicted molar refractivity (Wildman–Crippen MR) is 82.6 cm³/mol. The van der Waals surface area contributed by atoms with Crippen molar-refractivity contribution in [1.29, 1.82) is 0 Å². The lowest BCUT2D eigenvalue weighted by molar-refractivity contribution is 0.0842. The SMILES string of the molecule is CC1OB(c2cccc3c2oc2cccnc23)OC1(C)C. The summed E-state index contributed by atoms with van der Waals surface area (Å²) in [6, 6.07) is 9.79. The minimum absolute atomic E-state index is 0.0280. The zero-order chi connectivity index (χ0) is 14.6. The quantitative estimate of drug-likeness (QED) is 0.643. The van der Waals surface area contributed by atoms with Crippen molar-refractivity contribution in [3.8, 4) is 0 Å². The van der Waals surface area contributed by atoms with Crippen LogP contribution in [0.4, 0.5) is 0 Å². The first-order valence-electron chi connectivity index (χ1n) is 7.16. The zero-order valence-electron chi connectivity index (χ0n) is 12.3. The van der Waals surface area contributed by atoms with Crippen molar-refractivity contribution in [2.24, 2.45) is 0 Å². The molecule has 0 spiro atoms. The summed E-state index contributed by atoms with van der Waals surface area (Å²) < 4.78 is 18.0. The smallest absolute Gasteiger partial charge is 0.455 e. The molecule has 1 aliphatic heterocycles. The fourth-order valence-corrected chi connectivity index (χ4v) is 2.71. The number of hydrogen-bond acceptors (Lipinski definition) is 4. The van der Waals surface area contributed by atoms with E-state index in [4.69, 9.17) is 13.7 Å². The van der Waals surface area contributed by atoms with Gasteiger partial charge in [-0.3, -0.25) is 4.98 Å². The van der Waals surface area contributed by atoms with Gasteiger partial charge in [-0.25, -0.2) is 0 Å². The summed E-state index contributed by atoms with van der Waals surface area (Å²) >= 11 is 0. The molecule has 4 nitrogen and oxygen atoms in total. The predicted octanol–water partition coefficient (Wildman–Crippen LogP) is 2.89. The van der Waals surface area contributed by atoms with Crippen molar-refractivity contribution in [2.75, 3.05) is 0 Å². The second kappa shape index (κ2) is 4.32. The van der Waals surface area contributed by atoms with Crippen LogP contribution in [0.25, 0.3) is 22.1 Å². The van der Waals surface area contributed by atoms with E-state index in [0.717, 1.165) is 27.5 Å². The maximum absolute atomic E-state index is 6.05. The number of benzene rings is 1. The van der Waals surface area contributed by atoms with Gasteiger partial charge in [0.05, 0.1) is 11.7 Å². The van der Waals surface area contributed by atoms with Crippen LogP contribution in [0.2, 0.25) is 0 Å². The molecule has 5 heteroatoms. The van der Waals surface area contributed by atoms with Crippen LogP contribution in [-0.2, 0) is 9.31 Å². The van der Waals surface area contributed by atoms with Gasteiger partial charge in [0, 0.05) is 17.0 Å². The van der Waals surface area contributed by atoms with E-state index >= 15 is 0 Å². The van der Waals surface area contributed by atoms with Gasteiger partial charge in [-0.05, 0) is 39.0 Å². The Morgan fingerprint density at radius 2 is 2.05 bits per heavy atom. The Bertz CT molecular complexity index is 827. The molecule has 21 heavy (non-hydrogen) atoms. The maximum Gasteiger partial charge on any atom is 0.498 e. The molecule has 1 aromatic carbocycles. The van der Waals surface area contributed by atoms with Gasteiger partial charge >= 0.3 is 7.12 Å². The van der Waals surface area contributed by atoms with Crippen LogP contribution in [0, 0.1) is 0 Å². The molecule has 1 fully saturated rings. The van der Waals surface area contributed by atoms with Crippen LogP contribution >= 0.6 is 0 Å². The third-order valence-electron chi connectivity index (χ3n) is 4.25. The minimum atomic E-state index is -0.403. The average Bonchev–Trinajstić information content (AvgIpc) is 2.96. The molecule has 0 radical (unpaired) electrons. The van der Waals surface area contributed by atoms with Crippen molar-refractivity contribution in [3.05, 3.63) is 36.5 Å². The van der Waals surface area contributed by atoms with E-state index in [1.165, 1.54) is 0 Å². The van der Waals surface area contributed by atoms with Crippen molar-refractivity contribution >= 4 is 34.7 Å². The molecule has 0 amide bonds. The lowest BCUT2D eigenvalue weighted by Gasteiger charge is -2.21. The molecule has 2 aromatic heterocycles. The van der Waals surface area contributed by atoms with E-state index in [1.54, 1.807) is 6.20 Å². The van der Waals surface area contributed by atoms with Gasteiger partial charge in [0.2, 0.25) is 0 Å². The summed E-state index contributed by atoms with van der Waals surface area (Å²) in [4.78, 5) is 4.41. The lowest BCUT2D eigenvalue weighted by Crippen LogP contribution is -2.35. The second-order valence-corrected chi connectivity index (χ2v) is 6.01. The number of furan rings is 1. The van der Waals surface area contributed by atoms with Gasteiger partial charge in [0.25, 0.3) is 0 Å². The Morgan fingerprint density at radius 3 is 2.81 bits per heavy atom. The third-order valence-corrected chi connectivity index (χ3v) is 4.25. The summed E-state index contributed by atoms with van der Waals surface area (Å²) in [5.41, 5.74) is 3.06. The Balaban J connectivity index is 1.90. The number of para-hydroxylation sites is 1. The molecule has 1 saturated heterocycles. The molecule has 1 atom stereocenters. The molecular weight excluding hydrogens is 265 g/mol. The summed E-state index contributed by atoms with van der Waals surface area (Å²) in [7, 11) is -0.403. The maximum atomic E-state index is 6.05. The molecule has 4 rings (SSSR count). The van der Waals surface area contributed by atoms with Gasteiger partial charge < -0.3 is 13.7 Å². The van der Waals surface area contributed by atoms with Crippen molar-refractivity contribution in [1.82, 2.24) is 4.98 Å². The monoisotopic (exact) mass is 281 g/mol. The largest absolute Gasteiger partial charge is 0.498 e. The highest BCUT2D eigenvalue weighted by Crippen LogP contribution is 2.30.